The zero-order valence-electron chi connectivity index (χ0n) is 13.3. The molecule has 1 heterocycles. The van der Waals surface area contributed by atoms with Gasteiger partial charge in [0.1, 0.15) is 0 Å². The number of carbonyl (C=O) groups excluding carboxylic acids is 2. The van der Waals surface area contributed by atoms with Crippen molar-refractivity contribution in [3.8, 4) is 0 Å². The number of likely N-dealkylation sites (N-methyl/N-ethyl adjacent to an activating group) is 1. The van der Waals surface area contributed by atoms with E-state index < -0.39 is 0 Å². The molecule has 6 heteroatoms. The van der Waals surface area contributed by atoms with E-state index in [0.717, 1.165) is 31.7 Å². The minimum absolute atomic E-state index is 0.0441. The van der Waals surface area contributed by atoms with Gasteiger partial charge in [-0.25, -0.2) is 0 Å². The van der Waals surface area contributed by atoms with E-state index in [9.17, 15) is 9.59 Å². The maximum absolute atomic E-state index is 12.4. The van der Waals surface area contributed by atoms with Crippen molar-refractivity contribution in [2.24, 2.45) is 11.8 Å². The first-order valence-corrected chi connectivity index (χ1v) is 8.42. The van der Waals surface area contributed by atoms with Gasteiger partial charge in [-0.3, -0.25) is 9.59 Å². The fourth-order valence-electron chi connectivity index (χ4n) is 2.97. The Bertz CT molecular complexity index is 599. The third kappa shape index (κ3) is 3.85. The van der Waals surface area contributed by atoms with Crippen molar-refractivity contribution < 1.29 is 9.59 Å². The lowest BCUT2D eigenvalue weighted by Gasteiger charge is -2.32. The van der Waals surface area contributed by atoms with E-state index in [0.29, 0.717) is 18.0 Å². The Morgan fingerprint density at radius 2 is 1.87 bits per heavy atom. The molecule has 3 rings (SSSR count). The molecule has 1 saturated heterocycles. The van der Waals surface area contributed by atoms with Gasteiger partial charge in [-0.15, -0.1) is 0 Å². The van der Waals surface area contributed by atoms with E-state index >= 15 is 0 Å². The Hall–Kier alpha value is -1.59. The van der Waals surface area contributed by atoms with Crippen LogP contribution in [0.3, 0.4) is 0 Å². The predicted octanol–water partition coefficient (Wildman–Crippen LogP) is 1.37. The van der Waals surface area contributed by atoms with Crippen molar-refractivity contribution in [1.82, 2.24) is 15.1 Å². The molecule has 1 aliphatic carbocycles. The molecule has 0 radical (unpaired) electrons. The Morgan fingerprint density at radius 1 is 1.17 bits per heavy atom. The van der Waals surface area contributed by atoms with Crippen LogP contribution < -0.4 is 5.32 Å². The highest BCUT2D eigenvalue weighted by Gasteiger charge is 2.49. The second-order valence-electron chi connectivity index (χ2n) is 6.39. The summed E-state index contributed by atoms with van der Waals surface area (Å²) < 4.78 is 0. The summed E-state index contributed by atoms with van der Waals surface area (Å²) in [6.07, 6.45) is 0.666. The van der Waals surface area contributed by atoms with Gasteiger partial charge in [-0.1, -0.05) is 29.8 Å². The van der Waals surface area contributed by atoms with E-state index in [1.165, 1.54) is 0 Å². The molecule has 2 aliphatic rings. The van der Waals surface area contributed by atoms with E-state index in [1.54, 1.807) is 6.07 Å². The van der Waals surface area contributed by atoms with Crippen molar-refractivity contribution in [2.75, 3.05) is 33.2 Å². The Kier molecular flexibility index (Phi) is 4.87. The highest BCUT2D eigenvalue weighted by atomic mass is 35.5. The van der Waals surface area contributed by atoms with Crippen molar-refractivity contribution in [3.05, 3.63) is 34.9 Å². The molecule has 1 aliphatic heterocycles. The van der Waals surface area contributed by atoms with Crippen LogP contribution in [0.5, 0.6) is 0 Å². The SMILES string of the molecule is CN1CCN(C(=O)C2CC2C(=O)NCc2ccccc2Cl)CC1. The van der Waals surface area contributed by atoms with Crippen LogP contribution in [0.15, 0.2) is 24.3 Å². The first-order valence-electron chi connectivity index (χ1n) is 8.04. The Labute approximate surface area is 141 Å². The molecule has 1 aromatic carbocycles. The lowest BCUT2D eigenvalue weighted by atomic mass is 10.2. The first kappa shape index (κ1) is 16.3. The quantitative estimate of drug-likeness (QED) is 0.904. The molecule has 1 N–H and O–H groups in total. The topological polar surface area (TPSA) is 52.7 Å². The lowest BCUT2D eigenvalue weighted by Crippen LogP contribution is -2.48. The molecule has 0 bridgehead atoms. The fraction of sp³-hybridized carbons (Fsp3) is 0.529. The van der Waals surface area contributed by atoms with Crippen LogP contribution in [0.4, 0.5) is 0 Å². The second-order valence-corrected chi connectivity index (χ2v) is 6.79. The third-order valence-electron chi connectivity index (χ3n) is 4.67. The van der Waals surface area contributed by atoms with Gasteiger partial charge in [-0.2, -0.15) is 0 Å². The van der Waals surface area contributed by atoms with Crippen molar-refractivity contribution in [2.45, 2.75) is 13.0 Å². The molecule has 0 spiro atoms. The second kappa shape index (κ2) is 6.89. The summed E-state index contributed by atoms with van der Waals surface area (Å²) in [5, 5.41) is 3.54. The average molecular weight is 336 g/mol. The van der Waals surface area contributed by atoms with Gasteiger partial charge >= 0.3 is 0 Å². The number of benzene rings is 1. The van der Waals surface area contributed by atoms with Crippen molar-refractivity contribution >= 4 is 23.4 Å². The minimum Gasteiger partial charge on any atom is -0.352 e. The normalized spacial score (nSPS) is 24.3. The average Bonchev–Trinajstić information content (AvgIpc) is 3.34. The number of piperazine rings is 1. The molecule has 2 atom stereocenters. The monoisotopic (exact) mass is 335 g/mol. The molecule has 23 heavy (non-hydrogen) atoms. The summed E-state index contributed by atoms with van der Waals surface area (Å²) in [5.41, 5.74) is 0.894. The van der Waals surface area contributed by atoms with Gasteiger partial charge in [-0.05, 0) is 25.1 Å². The largest absolute Gasteiger partial charge is 0.352 e. The van der Waals surface area contributed by atoms with Gasteiger partial charge in [0.25, 0.3) is 0 Å². The maximum atomic E-state index is 12.4. The lowest BCUT2D eigenvalue weighted by molar-refractivity contribution is -0.136. The number of halogens is 1. The Morgan fingerprint density at radius 3 is 2.57 bits per heavy atom. The summed E-state index contributed by atoms with van der Waals surface area (Å²) in [6.45, 7) is 3.74. The van der Waals surface area contributed by atoms with Crippen LogP contribution in [0.1, 0.15) is 12.0 Å². The van der Waals surface area contributed by atoms with Gasteiger partial charge < -0.3 is 15.1 Å². The van der Waals surface area contributed by atoms with E-state index in [2.05, 4.69) is 17.3 Å². The van der Waals surface area contributed by atoms with Crippen molar-refractivity contribution in [1.29, 1.82) is 0 Å². The highest BCUT2D eigenvalue weighted by molar-refractivity contribution is 6.31. The van der Waals surface area contributed by atoms with E-state index in [4.69, 9.17) is 11.6 Å². The molecule has 1 aromatic rings. The van der Waals surface area contributed by atoms with Crippen LogP contribution >= 0.6 is 11.6 Å². The first-order chi connectivity index (χ1) is 11.1. The summed E-state index contributed by atoms with van der Waals surface area (Å²) >= 11 is 6.08. The number of amides is 2. The van der Waals surface area contributed by atoms with E-state index in [1.807, 2.05) is 23.1 Å². The third-order valence-corrected chi connectivity index (χ3v) is 5.04. The molecule has 2 fully saturated rings. The van der Waals surface area contributed by atoms with Crippen LogP contribution in [0.2, 0.25) is 5.02 Å². The predicted molar refractivity (Wildman–Crippen MR) is 89.0 cm³/mol. The smallest absolute Gasteiger partial charge is 0.226 e. The van der Waals surface area contributed by atoms with Gasteiger partial charge in [0, 0.05) is 37.7 Å². The molecule has 0 aromatic heterocycles. The molecular formula is C17H22ClN3O2. The molecule has 124 valence electrons. The molecule has 2 amide bonds. The number of hydrogen-bond acceptors (Lipinski definition) is 3. The summed E-state index contributed by atoms with van der Waals surface area (Å²) in [4.78, 5) is 28.7. The number of nitrogens with zero attached hydrogens (tertiary/aromatic N) is 2. The zero-order valence-corrected chi connectivity index (χ0v) is 14.1. The summed E-state index contributed by atoms with van der Waals surface area (Å²) in [7, 11) is 2.06. The number of nitrogens with one attached hydrogen (secondary N) is 1. The molecule has 1 saturated carbocycles. The number of carbonyl (C=O) groups is 2. The summed E-state index contributed by atoms with van der Waals surface area (Å²) in [6, 6.07) is 7.45. The van der Waals surface area contributed by atoms with Gasteiger partial charge in [0.05, 0.1) is 11.8 Å². The zero-order chi connectivity index (χ0) is 16.4. The Balaban J connectivity index is 1.47. The number of hydrogen-bond donors (Lipinski definition) is 1. The van der Waals surface area contributed by atoms with Crippen LogP contribution in [0.25, 0.3) is 0 Å². The highest BCUT2D eigenvalue weighted by Crippen LogP contribution is 2.40. The molecule has 5 nitrogen and oxygen atoms in total. The van der Waals surface area contributed by atoms with Gasteiger partial charge in [0.2, 0.25) is 11.8 Å². The standard InChI is InChI=1S/C17H22ClN3O2/c1-20-6-8-21(9-7-20)17(23)14-10-13(14)16(22)19-11-12-4-2-3-5-15(12)18/h2-5,13-14H,6-11H2,1H3,(H,19,22). The molecular weight excluding hydrogens is 314 g/mol. The van der Waals surface area contributed by atoms with Crippen molar-refractivity contribution in [3.63, 3.8) is 0 Å². The maximum Gasteiger partial charge on any atom is 0.226 e. The summed E-state index contributed by atoms with van der Waals surface area (Å²) in [5.74, 6) is -0.220. The van der Waals surface area contributed by atoms with E-state index in [-0.39, 0.29) is 23.7 Å². The fourth-order valence-corrected chi connectivity index (χ4v) is 3.18. The van der Waals surface area contributed by atoms with Crippen LogP contribution in [0, 0.1) is 11.8 Å². The van der Waals surface area contributed by atoms with Crippen LogP contribution in [-0.4, -0.2) is 54.8 Å². The minimum atomic E-state index is -0.176. The van der Waals surface area contributed by atoms with Crippen LogP contribution in [-0.2, 0) is 16.1 Å². The van der Waals surface area contributed by atoms with Gasteiger partial charge in [0.15, 0.2) is 0 Å². The molecule has 2 unspecified atom stereocenters. The number of rotatable bonds is 4.